The average Bonchev–Trinajstić information content (AvgIpc) is 2.91. The van der Waals surface area contributed by atoms with Crippen LogP contribution in [0.4, 0.5) is 18.9 Å². The van der Waals surface area contributed by atoms with Gasteiger partial charge in [-0.3, -0.25) is 9.89 Å². The standard InChI is InChI=1S/C14H13F3N4O.ClH/c15-14(16,17)8-1-3-9(4-2-8)19-13(22)12-10-7-18-6-5-11(10)20-21-12;/h1-4,18H,5-7H2,(H,19,22)(H,20,21);1H. The lowest BCUT2D eigenvalue weighted by Gasteiger charge is -2.13. The van der Waals surface area contributed by atoms with Gasteiger partial charge in [-0.15, -0.1) is 12.4 Å². The molecule has 5 nitrogen and oxygen atoms in total. The minimum Gasteiger partial charge on any atom is -0.321 e. The molecule has 0 unspecified atom stereocenters. The highest BCUT2D eigenvalue weighted by Gasteiger charge is 2.30. The number of nitrogens with one attached hydrogen (secondary N) is 3. The molecule has 1 amide bonds. The van der Waals surface area contributed by atoms with Crippen LogP contribution in [-0.4, -0.2) is 22.6 Å². The second-order valence-electron chi connectivity index (χ2n) is 4.99. The first-order valence-corrected chi connectivity index (χ1v) is 6.70. The number of rotatable bonds is 2. The van der Waals surface area contributed by atoms with Crippen LogP contribution >= 0.6 is 12.4 Å². The third kappa shape index (κ3) is 3.65. The summed E-state index contributed by atoms with van der Waals surface area (Å²) in [5.74, 6) is -0.444. The van der Waals surface area contributed by atoms with E-state index in [2.05, 4.69) is 20.8 Å². The maximum Gasteiger partial charge on any atom is 0.416 e. The van der Waals surface area contributed by atoms with Crippen LogP contribution in [0.5, 0.6) is 0 Å². The molecule has 1 aliphatic rings. The van der Waals surface area contributed by atoms with Crippen molar-refractivity contribution >= 4 is 24.0 Å². The number of carbonyl (C=O) groups excluding carboxylic acids is 1. The Hall–Kier alpha value is -2.06. The van der Waals surface area contributed by atoms with Crippen LogP contribution in [0.25, 0.3) is 0 Å². The van der Waals surface area contributed by atoms with Crippen molar-refractivity contribution in [3.63, 3.8) is 0 Å². The van der Waals surface area contributed by atoms with E-state index >= 15 is 0 Å². The molecule has 0 saturated carbocycles. The van der Waals surface area contributed by atoms with E-state index in [-0.39, 0.29) is 18.1 Å². The average molecular weight is 347 g/mol. The lowest BCUT2D eigenvalue weighted by Crippen LogP contribution is -2.25. The zero-order chi connectivity index (χ0) is 15.7. The third-order valence-corrected chi connectivity index (χ3v) is 3.49. The molecule has 124 valence electrons. The minimum absolute atomic E-state index is 0. The van der Waals surface area contributed by atoms with Crippen LogP contribution in [0.3, 0.4) is 0 Å². The number of carbonyl (C=O) groups is 1. The molecule has 0 spiro atoms. The van der Waals surface area contributed by atoms with Crippen LogP contribution in [0.15, 0.2) is 24.3 Å². The van der Waals surface area contributed by atoms with Gasteiger partial charge < -0.3 is 10.6 Å². The number of H-pyrrole nitrogens is 1. The smallest absolute Gasteiger partial charge is 0.321 e. The number of hydrogen-bond acceptors (Lipinski definition) is 3. The summed E-state index contributed by atoms with van der Waals surface area (Å²) in [7, 11) is 0. The Labute approximate surface area is 136 Å². The number of aromatic nitrogens is 2. The second kappa shape index (κ2) is 6.59. The molecule has 1 aliphatic heterocycles. The largest absolute Gasteiger partial charge is 0.416 e. The molecule has 9 heteroatoms. The predicted molar refractivity (Wildman–Crippen MR) is 80.6 cm³/mol. The lowest BCUT2D eigenvalue weighted by atomic mass is 10.1. The summed E-state index contributed by atoms with van der Waals surface area (Å²) in [5.41, 5.74) is 1.51. The number of alkyl halides is 3. The second-order valence-corrected chi connectivity index (χ2v) is 4.99. The molecule has 2 heterocycles. The number of aromatic amines is 1. The summed E-state index contributed by atoms with van der Waals surface area (Å²) in [6.45, 7) is 1.36. The number of nitrogens with zero attached hydrogens (tertiary/aromatic N) is 1. The number of amides is 1. The van der Waals surface area contributed by atoms with Gasteiger partial charge >= 0.3 is 6.18 Å². The number of fused-ring (bicyclic) bond motifs is 1. The Kier molecular flexibility index (Phi) is 4.96. The molecule has 1 aromatic heterocycles. The molecular weight excluding hydrogens is 333 g/mol. The van der Waals surface area contributed by atoms with Crippen LogP contribution in [0.2, 0.25) is 0 Å². The fraction of sp³-hybridized carbons (Fsp3) is 0.286. The quantitative estimate of drug-likeness (QED) is 0.783. The maximum absolute atomic E-state index is 12.5. The number of benzene rings is 1. The van der Waals surface area contributed by atoms with Gasteiger partial charge in [0.25, 0.3) is 5.91 Å². The van der Waals surface area contributed by atoms with E-state index in [4.69, 9.17) is 0 Å². The minimum atomic E-state index is -4.39. The van der Waals surface area contributed by atoms with Crippen molar-refractivity contribution in [1.82, 2.24) is 15.5 Å². The molecule has 0 atom stereocenters. The van der Waals surface area contributed by atoms with E-state index in [1.807, 2.05) is 0 Å². The summed E-state index contributed by atoms with van der Waals surface area (Å²) in [6, 6.07) is 4.30. The van der Waals surface area contributed by atoms with Gasteiger partial charge in [0.1, 0.15) is 0 Å². The SMILES string of the molecule is Cl.O=C(Nc1ccc(C(F)(F)F)cc1)c1n[nH]c2c1CNCC2. The number of halogens is 4. The monoisotopic (exact) mass is 346 g/mol. The van der Waals surface area contributed by atoms with Gasteiger partial charge in [-0.2, -0.15) is 18.3 Å². The molecular formula is C14H14ClF3N4O. The van der Waals surface area contributed by atoms with E-state index < -0.39 is 17.6 Å². The summed E-state index contributed by atoms with van der Waals surface area (Å²) < 4.78 is 37.5. The van der Waals surface area contributed by atoms with Crippen molar-refractivity contribution in [2.75, 3.05) is 11.9 Å². The van der Waals surface area contributed by atoms with Crippen molar-refractivity contribution in [1.29, 1.82) is 0 Å². The predicted octanol–water partition coefficient (Wildman–Crippen LogP) is 2.75. The molecule has 0 fully saturated rings. The van der Waals surface area contributed by atoms with Crippen molar-refractivity contribution in [2.24, 2.45) is 0 Å². The Morgan fingerprint density at radius 3 is 2.57 bits per heavy atom. The van der Waals surface area contributed by atoms with E-state index in [9.17, 15) is 18.0 Å². The van der Waals surface area contributed by atoms with Crippen molar-refractivity contribution < 1.29 is 18.0 Å². The van der Waals surface area contributed by atoms with E-state index in [0.29, 0.717) is 12.2 Å². The van der Waals surface area contributed by atoms with Gasteiger partial charge in [-0.25, -0.2) is 0 Å². The highest BCUT2D eigenvalue weighted by molar-refractivity contribution is 6.04. The first-order chi connectivity index (χ1) is 10.4. The van der Waals surface area contributed by atoms with Crippen molar-refractivity contribution in [3.05, 3.63) is 46.8 Å². The zero-order valence-electron chi connectivity index (χ0n) is 11.8. The van der Waals surface area contributed by atoms with Gasteiger partial charge in [0.15, 0.2) is 5.69 Å². The van der Waals surface area contributed by atoms with Crippen molar-refractivity contribution in [2.45, 2.75) is 19.1 Å². The Balaban J connectivity index is 0.00000192. The fourth-order valence-corrected chi connectivity index (χ4v) is 2.35. The number of hydrogen-bond donors (Lipinski definition) is 3. The summed E-state index contributed by atoms with van der Waals surface area (Å²) >= 11 is 0. The van der Waals surface area contributed by atoms with Crippen LogP contribution in [-0.2, 0) is 19.1 Å². The molecule has 0 bridgehead atoms. The molecule has 0 radical (unpaired) electrons. The van der Waals surface area contributed by atoms with Gasteiger partial charge in [-0.1, -0.05) is 0 Å². The Morgan fingerprint density at radius 1 is 1.22 bits per heavy atom. The fourth-order valence-electron chi connectivity index (χ4n) is 2.35. The molecule has 3 rings (SSSR count). The topological polar surface area (TPSA) is 69.8 Å². The summed E-state index contributed by atoms with van der Waals surface area (Å²) in [4.78, 5) is 12.2. The number of anilines is 1. The van der Waals surface area contributed by atoms with Gasteiger partial charge in [0.2, 0.25) is 0 Å². The van der Waals surface area contributed by atoms with Crippen LogP contribution in [0.1, 0.15) is 27.3 Å². The van der Waals surface area contributed by atoms with Crippen LogP contribution in [0, 0.1) is 0 Å². The van der Waals surface area contributed by atoms with Gasteiger partial charge in [0.05, 0.1) is 5.56 Å². The zero-order valence-corrected chi connectivity index (χ0v) is 12.6. The molecule has 0 aliphatic carbocycles. The van der Waals surface area contributed by atoms with Gasteiger partial charge in [-0.05, 0) is 24.3 Å². The highest BCUT2D eigenvalue weighted by Crippen LogP contribution is 2.30. The first kappa shape index (κ1) is 17.3. The summed E-state index contributed by atoms with van der Waals surface area (Å²) in [5, 5.41) is 12.5. The van der Waals surface area contributed by atoms with Crippen molar-refractivity contribution in [3.8, 4) is 0 Å². The molecule has 23 heavy (non-hydrogen) atoms. The van der Waals surface area contributed by atoms with E-state index in [1.54, 1.807) is 0 Å². The summed E-state index contributed by atoms with van der Waals surface area (Å²) in [6.07, 6.45) is -3.63. The van der Waals surface area contributed by atoms with E-state index in [0.717, 1.165) is 36.4 Å². The third-order valence-electron chi connectivity index (χ3n) is 3.49. The normalized spacial score (nSPS) is 13.9. The molecule has 0 saturated heterocycles. The maximum atomic E-state index is 12.5. The lowest BCUT2D eigenvalue weighted by molar-refractivity contribution is -0.137. The Bertz CT molecular complexity index is 697. The molecule has 3 N–H and O–H groups in total. The highest BCUT2D eigenvalue weighted by atomic mass is 35.5. The molecule has 2 aromatic rings. The first-order valence-electron chi connectivity index (χ1n) is 6.70. The van der Waals surface area contributed by atoms with E-state index in [1.165, 1.54) is 12.1 Å². The van der Waals surface area contributed by atoms with Gasteiger partial charge in [0, 0.05) is 36.5 Å². The van der Waals surface area contributed by atoms with Crippen LogP contribution < -0.4 is 10.6 Å². The molecule has 1 aromatic carbocycles. The Morgan fingerprint density at radius 2 is 1.91 bits per heavy atom.